The van der Waals surface area contributed by atoms with E-state index in [1.165, 1.54) is 211 Å². The van der Waals surface area contributed by atoms with Crippen molar-refractivity contribution in [2.24, 2.45) is 0 Å². The van der Waals surface area contributed by atoms with Crippen LogP contribution in [-0.4, -0.2) is 4.98 Å². The molecule has 0 radical (unpaired) electrons. The van der Waals surface area contributed by atoms with Gasteiger partial charge in [0.15, 0.2) is 0 Å². The lowest BCUT2D eigenvalue weighted by molar-refractivity contribution is -0.727. The number of imidazole rings is 1. The van der Waals surface area contributed by atoms with Crippen molar-refractivity contribution in [1.29, 1.82) is 0 Å². The number of nitrogens with zero attached hydrogens (tertiary/aromatic N) is 1. The van der Waals surface area contributed by atoms with Gasteiger partial charge in [-0.15, -0.1) is 0 Å². The van der Waals surface area contributed by atoms with Crippen molar-refractivity contribution in [3.63, 3.8) is 0 Å². The maximum atomic E-state index is 3.75. The van der Waals surface area contributed by atoms with Gasteiger partial charge in [-0.25, -0.2) is 9.55 Å². The SMILES string of the molecule is CCCCCCCCCCCCCCCCC(CCCCCCCCC)c1[nH]cc[n+]1C(C)CCCCCCCCCC. The third kappa shape index (κ3) is 23.2. The first-order valence-electron chi connectivity index (χ1n) is 20.3. The van der Waals surface area contributed by atoms with Crippen LogP contribution in [0.5, 0.6) is 0 Å². The number of nitrogens with one attached hydrogen (secondary N) is 1. The summed E-state index contributed by atoms with van der Waals surface area (Å²) < 4.78 is 2.64. The summed E-state index contributed by atoms with van der Waals surface area (Å²) in [6, 6.07) is 0.620. The fraction of sp³-hybridized carbons (Fsp3) is 0.927. The Labute approximate surface area is 272 Å². The predicted molar refractivity (Wildman–Crippen MR) is 193 cm³/mol. The van der Waals surface area contributed by atoms with Crippen molar-refractivity contribution < 1.29 is 4.57 Å². The van der Waals surface area contributed by atoms with E-state index in [2.05, 4.69) is 49.6 Å². The molecule has 1 aromatic heterocycles. The van der Waals surface area contributed by atoms with Gasteiger partial charge in [0.1, 0.15) is 12.4 Å². The molecular weight excluding hydrogens is 520 g/mol. The molecule has 0 spiro atoms. The molecule has 1 rings (SSSR count). The number of aromatic nitrogens is 2. The summed E-state index contributed by atoms with van der Waals surface area (Å²) in [5.74, 6) is 2.25. The molecule has 1 aromatic rings. The van der Waals surface area contributed by atoms with Crippen molar-refractivity contribution in [2.75, 3.05) is 0 Å². The van der Waals surface area contributed by atoms with Crippen molar-refractivity contribution in [1.82, 2.24) is 4.98 Å². The van der Waals surface area contributed by atoms with Crippen molar-refractivity contribution in [2.45, 2.75) is 245 Å². The molecule has 0 aliphatic rings. The zero-order valence-corrected chi connectivity index (χ0v) is 30.4. The molecule has 0 saturated heterocycles. The van der Waals surface area contributed by atoms with Crippen LogP contribution in [-0.2, 0) is 0 Å². The minimum atomic E-state index is 0.620. The number of hydrogen-bond donors (Lipinski definition) is 1. The predicted octanol–water partition coefficient (Wildman–Crippen LogP) is 14.5. The van der Waals surface area contributed by atoms with E-state index in [4.69, 9.17) is 0 Å². The van der Waals surface area contributed by atoms with Crippen LogP contribution in [0, 0.1) is 0 Å². The summed E-state index contributed by atoms with van der Waals surface area (Å²) in [5, 5.41) is 0. The number of aromatic amines is 1. The molecular formula is C41H81N2+. The Morgan fingerprint density at radius 3 is 1.09 bits per heavy atom. The quantitative estimate of drug-likeness (QED) is 0.0599. The van der Waals surface area contributed by atoms with Crippen LogP contribution < -0.4 is 4.57 Å². The van der Waals surface area contributed by atoms with Gasteiger partial charge in [-0.2, -0.15) is 0 Å². The fourth-order valence-corrected chi connectivity index (χ4v) is 7.13. The molecule has 0 fully saturated rings. The first-order chi connectivity index (χ1) is 21.2. The van der Waals surface area contributed by atoms with Crippen molar-refractivity contribution in [3.8, 4) is 0 Å². The Morgan fingerprint density at radius 1 is 0.442 bits per heavy atom. The Balaban J connectivity index is 2.37. The number of unbranched alkanes of at least 4 members (excludes halogenated alkanes) is 26. The van der Waals surface area contributed by atoms with Crippen LogP contribution in [0.4, 0.5) is 0 Å². The standard InChI is InChI=1S/C41H80N2/c1-5-8-11-14-17-19-20-21-22-23-24-27-30-33-36-40(35-32-29-25-16-13-10-7-3)41-42-37-38-43(41)39(4)34-31-28-26-18-15-12-9-6-2/h37-40H,5-36H2,1-4H3/p+1. The zero-order chi connectivity index (χ0) is 31.1. The van der Waals surface area contributed by atoms with Gasteiger partial charge in [-0.3, -0.25) is 0 Å². The lowest BCUT2D eigenvalue weighted by atomic mass is 9.92. The highest BCUT2D eigenvalue weighted by Gasteiger charge is 2.25. The van der Waals surface area contributed by atoms with Gasteiger partial charge in [0.05, 0.1) is 12.0 Å². The van der Waals surface area contributed by atoms with Crippen LogP contribution in [0.2, 0.25) is 0 Å². The van der Waals surface area contributed by atoms with E-state index in [1.54, 1.807) is 0 Å². The van der Waals surface area contributed by atoms with E-state index in [0.29, 0.717) is 12.0 Å². The molecule has 1 N–H and O–H groups in total. The molecule has 2 nitrogen and oxygen atoms in total. The first-order valence-corrected chi connectivity index (χ1v) is 20.3. The average Bonchev–Trinajstić information content (AvgIpc) is 3.51. The Morgan fingerprint density at radius 2 is 0.744 bits per heavy atom. The number of hydrogen-bond acceptors (Lipinski definition) is 0. The maximum absolute atomic E-state index is 3.75. The van der Waals surface area contributed by atoms with Crippen molar-refractivity contribution in [3.05, 3.63) is 18.2 Å². The van der Waals surface area contributed by atoms with Crippen LogP contribution in [0.3, 0.4) is 0 Å². The van der Waals surface area contributed by atoms with Gasteiger partial charge in [-0.1, -0.05) is 201 Å². The fourth-order valence-electron chi connectivity index (χ4n) is 7.13. The number of H-pyrrole nitrogens is 1. The molecule has 0 bridgehead atoms. The molecule has 1 heterocycles. The number of rotatable bonds is 34. The summed E-state index contributed by atoms with van der Waals surface area (Å²) in [7, 11) is 0. The molecule has 254 valence electrons. The smallest absolute Gasteiger partial charge is 0.247 e. The summed E-state index contributed by atoms with van der Waals surface area (Å²) in [5.41, 5.74) is 0. The molecule has 2 atom stereocenters. The van der Waals surface area contributed by atoms with Gasteiger partial charge >= 0.3 is 0 Å². The lowest BCUT2D eigenvalue weighted by Crippen LogP contribution is -2.41. The summed E-state index contributed by atoms with van der Waals surface area (Å²) in [6.07, 6.45) is 50.2. The van der Waals surface area contributed by atoms with E-state index in [1.807, 2.05) is 0 Å². The highest BCUT2D eigenvalue weighted by Crippen LogP contribution is 2.27. The summed E-state index contributed by atoms with van der Waals surface area (Å²) in [6.45, 7) is 9.42. The highest BCUT2D eigenvalue weighted by molar-refractivity contribution is 4.90. The van der Waals surface area contributed by atoms with E-state index in [-0.39, 0.29) is 0 Å². The van der Waals surface area contributed by atoms with E-state index in [9.17, 15) is 0 Å². The van der Waals surface area contributed by atoms with Crippen LogP contribution in [0.1, 0.15) is 251 Å². The summed E-state index contributed by atoms with van der Waals surface area (Å²) in [4.78, 5) is 3.75. The highest BCUT2D eigenvalue weighted by atomic mass is 15.1. The van der Waals surface area contributed by atoms with E-state index >= 15 is 0 Å². The van der Waals surface area contributed by atoms with Crippen LogP contribution in [0.15, 0.2) is 12.4 Å². The second-order valence-corrected chi connectivity index (χ2v) is 14.4. The van der Waals surface area contributed by atoms with Crippen molar-refractivity contribution >= 4 is 0 Å². The molecule has 0 aliphatic carbocycles. The molecule has 0 saturated carbocycles. The lowest BCUT2D eigenvalue weighted by Gasteiger charge is -2.17. The van der Waals surface area contributed by atoms with E-state index in [0.717, 1.165) is 0 Å². The van der Waals surface area contributed by atoms with Gasteiger partial charge in [0.25, 0.3) is 5.82 Å². The third-order valence-corrected chi connectivity index (χ3v) is 10.1. The molecule has 0 aliphatic heterocycles. The molecule has 0 aromatic carbocycles. The molecule has 43 heavy (non-hydrogen) atoms. The first kappa shape index (κ1) is 40.2. The minimum Gasteiger partial charge on any atom is -0.247 e. The van der Waals surface area contributed by atoms with Crippen LogP contribution >= 0.6 is 0 Å². The average molecular weight is 602 g/mol. The normalized spacial score (nSPS) is 13.1. The van der Waals surface area contributed by atoms with Gasteiger partial charge in [0.2, 0.25) is 0 Å². The molecule has 2 heteroatoms. The minimum absolute atomic E-state index is 0.620. The van der Waals surface area contributed by atoms with Gasteiger partial charge in [0, 0.05) is 0 Å². The van der Waals surface area contributed by atoms with Gasteiger partial charge in [-0.05, 0) is 32.6 Å². The van der Waals surface area contributed by atoms with E-state index < -0.39 is 0 Å². The Kier molecular flexibility index (Phi) is 29.2. The summed E-state index contributed by atoms with van der Waals surface area (Å²) >= 11 is 0. The monoisotopic (exact) mass is 602 g/mol. The van der Waals surface area contributed by atoms with Gasteiger partial charge < -0.3 is 0 Å². The Bertz CT molecular complexity index is 664. The molecule has 0 amide bonds. The van der Waals surface area contributed by atoms with Crippen LogP contribution in [0.25, 0.3) is 0 Å². The zero-order valence-electron chi connectivity index (χ0n) is 30.4. The Hall–Kier alpha value is -0.790. The third-order valence-electron chi connectivity index (χ3n) is 10.1. The second kappa shape index (κ2) is 31.2. The topological polar surface area (TPSA) is 19.7 Å². The second-order valence-electron chi connectivity index (χ2n) is 14.4. The largest absolute Gasteiger partial charge is 0.257 e. The maximum Gasteiger partial charge on any atom is 0.257 e. The molecule has 2 unspecified atom stereocenters.